The van der Waals surface area contributed by atoms with E-state index >= 15 is 0 Å². The van der Waals surface area contributed by atoms with Gasteiger partial charge in [-0.05, 0) is 47.9 Å². The lowest BCUT2D eigenvalue weighted by atomic mass is 9.97. The van der Waals surface area contributed by atoms with Crippen LogP contribution in [0.15, 0.2) is 36.4 Å². The fourth-order valence-corrected chi connectivity index (χ4v) is 3.87. The van der Waals surface area contributed by atoms with E-state index in [1.54, 1.807) is 31.0 Å². The summed E-state index contributed by atoms with van der Waals surface area (Å²) >= 11 is 5.82. The second kappa shape index (κ2) is 8.87. The monoisotopic (exact) mass is 437 g/mol. The Hall–Kier alpha value is -2.87. The molecule has 1 N–H and O–H groups in total. The summed E-state index contributed by atoms with van der Waals surface area (Å²) in [4.78, 5) is 29.0. The lowest BCUT2D eigenvalue weighted by Crippen LogP contribution is -2.54. The summed E-state index contributed by atoms with van der Waals surface area (Å²) < 4.78 is 27.0. The number of piperazine rings is 1. The van der Waals surface area contributed by atoms with Crippen molar-refractivity contribution < 1.29 is 23.5 Å². The summed E-state index contributed by atoms with van der Waals surface area (Å²) in [6.45, 7) is 2.39. The SMILES string of the molecule is Cc1cc(F)ccc1C1CN(C(=O)O)CCN1C(=O)N(C)Cc1ccc(F)c(Cl)c1. The zero-order valence-electron chi connectivity index (χ0n) is 16.6. The van der Waals surface area contributed by atoms with Crippen molar-refractivity contribution in [2.45, 2.75) is 19.5 Å². The number of nitrogens with zero attached hydrogens (tertiary/aromatic N) is 3. The number of carbonyl (C=O) groups excluding carboxylic acids is 1. The molecule has 1 fully saturated rings. The first-order chi connectivity index (χ1) is 14.2. The van der Waals surface area contributed by atoms with Crippen LogP contribution in [0.4, 0.5) is 18.4 Å². The first-order valence-electron chi connectivity index (χ1n) is 9.37. The van der Waals surface area contributed by atoms with Crippen molar-refractivity contribution in [3.63, 3.8) is 0 Å². The molecule has 9 heteroatoms. The average molecular weight is 438 g/mol. The van der Waals surface area contributed by atoms with Crippen LogP contribution in [0.1, 0.15) is 22.7 Å². The van der Waals surface area contributed by atoms with Crippen LogP contribution >= 0.6 is 11.6 Å². The molecule has 6 nitrogen and oxygen atoms in total. The van der Waals surface area contributed by atoms with Crippen molar-refractivity contribution in [1.82, 2.24) is 14.7 Å². The van der Waals surface area contributed by atoms with Crippen molar-refractivity contribution in [3.05, 3.63) is 69.7 Å². The first-order valence-corrected chi connectivity index (χ1v) is 9.74. The van der Waals surface area contributed by atoms with E-state index in [0.717, 1.165) is 0 Å². The van der Waals surface area contributed by atoms with Gasteiger partial charge >= 0.3 is 12.1 Å². The standard InChI is InChI=1S/C21H22ClF2N3O3/c1-13-9-15(23)4-5-16(13)19-12-26(21(29)30)7-8-27(19)20(28)25(2)11-14-3-6-18(24)17(22)10-14/h3-6,9-10,19H,7-8,11-12H2,1-2H3,(H,29,30). The predicted molar refractivity (Wildman–Crippen MR) is 108 cm³/mol. The summed E-state index contributed by atoms with van der Waals surface area (Å²) in [6.07, 6.45) is -1.07. The number of hydrogen-bond donors (Lipinski definition) is 1. The zero-order valence-corrected chi connectivity index (χ0v) is 17.4. The van der Waals surface area contributed by atoms with E-state index in [4.69, 9.17) is 11.6 Å². The molecule has 1 atom stereocenters. The molecule has 1 unspecified atom stereocenters. The van der Waals surface area contributed by atoms with Gasteiger partial charge in [0.25, 0.3) is 0 Å². The maximum atomic E-state index is 13.6. The second-order valence-corrected chi connectivity index (χ2v) is 7.73. The maximum absolute atomic E-state index is 13.6. The van der Waals surface area contributed by atoms with Gasteiger partial charge in [0.2, 0.25) is 0 Å². The normalized spacial score (nSPS) is 16.5. The summed E-state index contributed by atoms with van der Waals surface area (Å²) in [7, 11) is 1.61. The van der Waals surface area contributed by atoms with Gasteiger partial charge in [0.05, 0.1) is 11.1 Å². The number of urea groups is 1. The Morgan fingerprint density at radius 3 is 2.57 bits per heavy atom. The first kappa shape index (κ1) is 21.8. The van der Waals surface area contributed by atoms with Crippen LogP contribution in [-0.2, 0) is 6.54 Å². The highest BCUT2D eigenvalue weighted by atomic mass is 35.5. The Bertz CT molecular complexity index is 973. The van der Waals surface area contributed by atoms with Gasteiger partial charge in [-0.15, -0.1) is 0 Å². The predicted octanol–water partition coefficient (Wildman–Crippen LogP) is 4.52. The van der Waals surface area contributed by atoms with Crippen molar-refractivity contribution in [2.75, 3.05) is 26.7 Å². The van der Waals surface area contributed by atoms with E-state index < -0.39 is 23.8 Å². The Morgan fingerprint density at radius 1 is 1.20 bits per heavy atom. The van der Waals surface area contributed by atoms with Crippen molar-refractivity contribution in [2.24, 2.45) is 0 Å². The number of rotatable bonds is 3. The number of benzene rings is 2. The van der Waals surface area contributed by atoms with Crippen LogP contribution < -0.4 is 0 Å². The molecule has 3 amide bonds. The second-order valence-electron chi connectivity index (χ2n) is 7.33. The van der Waals surface area contributed by atoms with Gasteiger partial charge in [0.15, 0.2) is 0 Å². The summed E-state index contributed by atoms with van der Waals surface area (Å²) in [5.41, 5.74) is 1.99. The highest BCUT2D eigenvalue weighted by Gasteiger charge is 2.35. The van der Waals surface area contributed by atoms with Crippen LogP contribution in [-0.4, -0.2) is 58.6 Å². The Kier molecular flexibility index (Phi) is 6.45. The molecule has 0 bridgehead atoms. The van der Waals surface area contributed by atoms with Crippen LogP contribution in [0.5, 0.6) is 0 Å². The molecule has 0 aromatic heterocycles. The van der Waals surface area contributed by atoms with Gasteiger partial charge in [-0.3, -0.25) is 0 Å². The lowest BCUT2D eigenvalue weighted by Gasteiger charge is -2.42. The zero-order chi connectivity index (χ0) is 22.0. The minimum Gasteiger partial charge on any atom is -0.465 e. The van der Waals surface area contributed by atoms with Gasteiger partial charge in [-0.2, -0.15) is 0 Å². The molecule has 3 rings (SSSR count). The van der Waals surface area contributed by atoms with E-state index in [1.165, 1.54) is 34.1 Å². The van der Waals surface area contributed by atoms with Gasteiger partial charge < -0.3 is 19.8 Å². The molecular weight excluding hydrogens is 416 g/mol. The smallest absolute Gasteiger partial charge is 0.407 e. The molecule has 1 aliphatic heterocycles. The molecule has 0 radical (unpaired) electrons. The van der Waals surface area contributed by atoms with Gasteiger partial charge in [0.1, 0.15) is 11.6 Å². The number of aryl methyl sites for hydroxylation is 1. The lowest BCUT2D eigenvalue weighted by molar-refractivity contribution is 0.0711. The third-order valence-corrected chi connectivity index (χ3v) is 5.51. The summed E-state index contributed by atoms with van der Waals surface area (Å²) in [5, 5.41) is 9.38. The minimum absolute atomic E-state index is 0.0248. The van der Waals surface area contributed by atoms with Crippen LogP contribution in [0.3, 0.4) is 0 Å². The molecule has 2 aromatic rings. The van der Waals surface area contributed by atoms with E-state index in [1.807, 2.05) is 0 Å². The Balaban J connectivity index is 1.85. The fraction of sp³-hybridized carbons (Fsp3) is 0.333. The largest absolute Gasteiger partial charge is 0.465 e. The Morgan fingerprint density at radius 2 is 1.93 bits per heavy atom. The maximum Gasteiger partial charge on any atom is 0.407 e. The van der Waals surface area contributed by atoms with E-state index in [9.17, 15) is 23.5 Å². The molecular formula is C21H22ClF2N3O3. The number of hydrogen-bond acceptors (Lipinski definition) is 2. The van der Waals surface area contributed by atoms with Crippen LogP contribution in [0.25, 0.3) is 0 Å². The van der Waals surface area contributed by atoms with Crippen molar-refractivity contribution in [1.29, 1.82) is 0 Å². The number of halogens is 3. The highest BCUT2D eigenvalue weighted by molar-refractivity contribution is 6.30. The topological polar surface area (TPSA) is 64.1 Å². The Labute approximate surface area is 178 Å². The molecule has 0 aliphatic carbocycles. The molecule has 0 spiro atoms. The third-order valence-electron chi connectivity index (χ3n) is 5.22. The van der Waals surface area contributed by atoms with Gasteiger partial charge in [-0.1, -0.05) is 23.7 Å². The summed E-state index contributed by atoms with van der Waals surface area (Å²) in [5.74, 6) is -0.934. The van der Waals surface area contributed by atoms with Crippen molar-refractivity contribution >= 4 is 23.7 Å². The third kappa shape index (κ3) is 4.64. The average Bonchev–Trinajstić information content (AvgIpc) is 2.69. The highest BCUT2D eigenvalue weighted by Crippen LogP contribution is 2.30. The fourth-order valence-electron chi connectivity index (χ4n) is 3.66. The van der Waals surface area contributed by atoms with Crippen LogP contribution in [0, 0.1) is 18.6 Å². The number of carbonyl (C=O) groups is 2. The molecule has 1 aliphatic rings. The molecule has 1 heterocycles. The van der Waals surface area contributed by atoms with Crippen LogP contribution in [0.2, 0.25) is 5.02 Å². The van der Waals surface area contributed by atoms with Crippen molar-refractivity contribution in [3.8, 4) is 0 Å². The van der Waals surface area contributed by atoms with Gasteiger partial charge in [0, 0.05) is 33.2 Å². The van der Waals surface area contributed by atoms with E-state index in [0.29, 0.717) is 16.7 Å². The molecule has 2 aromatic carbocycles. The molecule has 30 heavy (non-hydrogen) atoms. The van der Waals surface area contributed by atoms with E-state index in [2.05, 4.69) is 0 Å². The summed E-state index contributed by atoms with van der Waals surface area (Å²) in [6, 6.07) is 7.64. The molecule has 1 saturated heterocycles. The number of amides is 3. The molecule has 0 saturated carbocycles. The minimum atomic E-state index is -1.07. The van der Waals surface area contributed by atoms with E-state index in [-0.39, 0.29) is 37.2 Å². The van der Waals surface area contributed by atoms with Gasteiger partial charge in [-0.25, -0.2) is 18.4 Å². The quantitative estimate of drug-likeness (QED) is 0.768. The molecule has 160 valence electrons. The number of carboxylic acid groups (broad SMARTS) is 1.